The van der Waals surface area contributed by atoms with Gasteiger partial charge in [0.05, 0.1) is 0 Å². The minimum Gasteiger partial charge on any atom is -0.547 e. The highest BCUT2D eigenvalue weighted by molar-refractivity contribution is 6.49. The van der Waals surface area contributed by atoms with Crippen molar-refractivity contribution in [2.45, 2.75) is 104 Å². The van der Waals surface area contributed by atoms with Crippen LogP contribution in [0.1, 0.15) is 89.7 Å². The van der Waals surface area contributed by atoms with E-state index >= 15 is 0 Å². The van der Waals surface area contributed by atoms with Gasteiger partial charge >= 0.3 is 0 Å². The van der Waals surface area contributed by atoms with Gasteiger partial charge < -0.3 is 9.16 Å². The number of fused-ring (bicyclic) bond motifs is 3. The number of hydrogen-bond donors (Lipinski definition) is 0. The Kier molecular flexibility index (Phi) is 6.96. The minimum absolute atomic E-state index is 0.124. The smallest absolute Gasteiger partial charge is 0.229 e. The first kappa shape index (κ1) is 21.5. The second kappa shape index (κ2) is 9.07. The number of ether oxygens (including phenoxy) is 1. The van der Waals surface area contributed by atoms with Gasteiger partial charge in [0, 0.05) is 17.4 Å². The molecule has 1 aliphatic carbocycles. The molecule has 0 radical (unpaired) electrons. The summed E-state index contributed by atoms with van der Waals surface area (Å²) in [4.78, 5) is 0. The topological polar surface area (TPSA) is 18.5 Å². The Balaban J connectivity index is 1.94. The fourth-order valence-electron chi connectivity index (χ4n) is 4.99. The van der Waals surface area contributed by atoms with Gasteiger partial charge in [-0.05, 0) is 77.2 Å². The van der Waals surface area contributed by atoms with Crippen molar-refractivity contribution in [2.75, 3.05) is 0 Å². The van der Waals surface area contributed by atoms with Gasteiger partial charge in [-0.1, -0.05) is 44.3 Å². The van der Waals surface area contributed by atoms with Crippen molar-refractivity contribution >= 4 is 9.04 Å². The van der Waals surface area contributed by atoms with Crippen molar-refractivity contribution < 1.29 is 9.16 Å². The maximum absolute atomic E-state index is 6.64. The summed E-state index contributed by atoms with van der Waals surface area (Å²) in [5, 5.41) is 0. The zero-order valence-electron chi connectivity index (χ0n) is 18.9. The number of allylic oxidation sites excluding steroid dienone is 2. The largest absolute Gasteiger partial charge is 0.547 e. The highest BCUT2D eigenvalue weighted by Gasteiger charge is 2.45. The van der Waals surface area contributed by atoms with E-state index in [0.717, 1.165) is 17.9 Å². The Hall–Kier alpha value is -1.22. The van der Waals surface area contributed by atoms with Gasteiger partial charge in [0.25, 0.3) is 0 Å². The molecule has 0 fully saturated rings. The standard InChI is InChI=1S/C25H40O2Si/c1-7-8-9-10-11-12-19-16-22-24(23(17-19)27-28(5)6)20-15-18(2)13-14-21(20)25(3,4)26-22/h15-17,20-21,28H,7-14H2,1-6H3/t20-,21-/m1/s1. The molecule has 2 atom stereocenters. The number of rotatable bonds is 8. The molecule has 0 amide bonds. The molecule has 0 saturated heterocycles. The molecular formula is C25H40O2Si. The van der Waals surface area contributed by atoms with E-state index in [4.69, 9.17) is 9.16 Å². The molecular weight excluding hydrogens is 360 g/mol. The lowest BCUT2D eigenvalue weighted by Crippen LogP contribution is -2.45. The third kappa shape index (κ3) is 4.84. The van der Waals surface area contributed by atoms with Crippen LogP contribution < -0.4 is 9.16 Å². The van der Waals surface area contributed by atoms with Crippen LogP contribution in [0.15, 0.2) is 23.8 Å². The Morgan fingerprint density at radius 2 is 1.89 bits per heavy atom. The van der Waals surface area contributed by atoms with Gasteiger partial charge in [0.1, 0.15) is 17.1 Å². The molecule has 0 unspecified atom stereocenters. The first-order valence-corrected chi connectivity index (χ1v) is 14.3. The van der Waals surface area contributed by atoms with E-state index in [1.54, 1.807) is 0 Å². The first-order valence-electron chi connectivity index (χ1n) is 11.5. The fourth-order valence-corrected chi connectivity index (χ4v) is 5.69. The maximum Gasteiger partial charge on any atom is 0.229 e. The molecule has 1 aliphatic heterocycles. The minimum atomic E-state index is -1.18. The van der Waals surface area contributed by atoms with Gasteiger partial charge in [-0.2, -0.15) is 0 Å². The van der Waals surface area contributed by atoms with Crippen molar-refractivity contribution in [2.24, 2.45) is 5.92 Å². The molecule has 1 heterocycles. The van der Waals surface area contributed by atoms with Crippen molar-refractivity contribution in [3.05, 3.63) is 34.9 Å². The molecule has 156 valence electrons. The van der Waals surface area contributed by atoms with Crippen LogP contribution in [0.25, 0.3) is 0 Å². The molecule has 0 spiro atoms. The molecule has 0 aromatic heterocycles. The Morgan fingerprint density at radius 3 is 2.61 bits per heavy atom. The Labute approximate surface area is 174 Å². The van der Waals surface area contributed by atoms with E-state index in [1.165, 1.54) is 61.6 Å². The lowest BCUT2D eigenvalue weighted by atomic mass is 9.68. The zero-order valence-corrected chi connectivity index (χ0v) is 20.1. The van der Waals surface area contributed by atoms with Crippen LogP contribution in [0.3, 0.4) is 0 Å². The third-order valence-corrected chi connectivity index (χ3v) is 7.17. The second-order valence-corrected chi connectivity index (χ2v) is 12.1. The molecule has 1 aromatic rings. The van der Waals surface area contributed by atoms with Crippen LogP contribution >= 0.6 is 0 Å². The zero-order chi connectivity index (χ0) is 20.3. The van der Waals surface area contributed by atoms with E-state index in [1.807, 2.05) is 0 Å². The van der Waals surface area contributed by atoms with Gasteiger partial charge in [-0.3, -0.25) is 0 Å². The Morgan fingerprint density at radius 1 is 1.14 bits per heavy atom. The van der Waals surface area contributed by atoms with Crippen LogP contribution in [-0.2, 0) is 6.42 Å². The van der Waals surface area contributed by atoms with Gasteiger partial charge in [-0.15, -0.1) is 0 Å². The number of benzene rings is 1. The van der Waals surface area contributed by atoms with Crippen LogP contribution in [-0.4, -0.2) is 14.6 Å². The van der Waals surface area contributed by atoms with E-state index in [0.29, 0.717) is 11.8 Å². The molecule has 28 heavy (non-hydrogen) atoms. The lowest BCUT2D eigenvalue weighted by Gasteiger charge is -2.47. The van der Waals surface area contributed by atoms with E-state index in [2.05, 4.69) is 59.0 Å². The summed E-state index contributed by atoms with van der Waals surface area (Å²) < 4.78 is 13.1. The monoisotopic (exact) mass is 400 g/mol. The molecule has 0 N–H and O–H groups in total. The summed E-state index contributed by atoms with van der Waals surface area (Å²) in [6.07, 6.45) is 12.6. The number of unbranched alkanes of at least 4 members (excludes halogenated alkanes) is 4. The quantitative estimate of drug-likeness (QED) is 0.261. The number of aryl methyl sites for hydroxylation is 1. The second-order valence-electron chi connectivity index (χ2n) is 9.73. The molecule has 3 rings (SSSR count). The highest BCUT2D eigenvalue weighted by atomic mass is 28.3. The van der Waals surface area contributed by atoms with Crippen LogP contribution in [0.2, 0.25) is 13.1 Å². The van der Waals surface area contributed by atoms with Gasteiger partial charge in [0.15, 0.2) is 0 Å². The Bertz CT molecular complexity index is 687. The molecule has 0 saturated carbocycles. The molecule has 2 nitrogen and oxygen atoms in total. The first-order chi connectivity index (χ1) is 13.3. The fraction of sp³-hybridized carbons (Fsp3) is 0.680. The predicted molar refractivity (Wildman–Crippen MR) is 122 cm³/mol. The third-order valence-electron chi connectivity index (χ3n) is 6.44. The normalized spacial score (nSPS) is 22.9. The average Bonchev–Trinajstić information content (AvgIpc) is 2.59. The summed E-state index contributed by atoms with van der Waals surface area (Å²) >= 11 is 0. The van der Waals surface area contributed by atoms with Gasteiger partial charge in [-0.25, -0.2) is 0 Å². The van der Waals surface area contributed by atoms with Crippen molar-refractivity contribution in [1.29, 1.82) is 0 Å². The summed E-state index contributed by atoms with van der Waals surface area (Å²) in [5.41, 5.74) is 4.09. The van der Waals surface area contributed by atoms with E-state index < -0.39 is 9.04 Å². The van der Waals surface area contributed by atoms with Crippen LogP contribution in [0, 0.1) is 5.92 Å². The summed E-state index contributed by atoms with van der Waals surface area (Å²) in [6.45, 7) is 13.6. The van der Waals surface area contributed by atoms with E-state index in [-0.39, 0.29) is 5.60 Å². The predicted octanol–water partition coefficient (Wildman–Crippen LogP) is 7.17. The molecule has 1 aromatic carbocycles. The van der Waals surface area contributed by atoms with Crippen LogP contribution in [0.4, 0.5) is 0 Å². The highest BCUT2D eigenvalue weighted by Crippen LogP contribution is 2.53. The molecule has 0 bridgehead atoms. The van der Waals surface area contributed by atoms with Gasteiger partial charge in [0.2, 0.25) is 9.04 Å². The average molecular weight is 401 g/mol. The summed E-state index contributed by atoms with van der Waals surface area (Å²) in [6, 6.07) is 4.65. The molecule has 3 heteroatoms. The number of hydrogen-bond acceptors (Lipinski definition) is 2. The van der Waals surface area contributed by atoms with E-state index in [9.17, 15) is 0 Å². The lowest BCUT2D eigenvalue weighted by molar-refractivity contribution is 0.0110. The van der Waals surface area contributed by atoms with Crippen molar-refractivity contribution in [3.8, 4) is 11.5 Å². The molecule has 2 aliphatic rings. The SMILES string of the molecule is CCCCCCCc1cc(O[SiH](C)C)c2c(c1)OC(C)(C)[C@@H]1CCC(C)=C[C@@H]21. The van der Waals surface area contributed by atoms with Crippen LogP contribution in [0.5, 0.6) is 11.5 Å². The van der Waals surface area contributed by atoms with Crippen molar-refractivity contribution in [1.82, 2.24) is 0 Å². The van der Waals surface area contributed by atoms with Crippen molar-refractivity contribution in [3.63, 3.8) is 0 Å². The maximum atomic E-state index is 6.64. The summed E-state index contributed by atoms with van der Waals surface area (Å²) in [5.74, 6) is 3.14. The summed E-state index contributed by atoms with van der Waals surface area (Å²) in [7, 11) is -1.18.